The number of aliphatic hydroxyl groups is 16. The van der Waals surface area contributed by atoms with Gasteiger partial charge in [0.25, 0.3) is 0 Å². The number of carbonyl (C=O) groups excluding carboxylic acids is 8. The molecule has 4 heterocycles. The van der Waals surface area contributed by atoms with E-state index >= 15 is 0 Å². The van der Waals surface area contributed by atoms with Crippen LogP contribution in [0.15, 0.2) is 60.7 Å². The average Bonchev–Trinajstić information content (AvgIpc) is 0.833. The normalized spacial score (nSPS) is 27.2. The van der Waals surface area contributed by atoms with Crippen molar-refractivity contribution in [3.8, 4) is 0 Å². The second kappa shape index (κ2) is 55.2. The summed E-state index contributed by atoms with van der Waals surface area (Å²) < 4.78 is 54.9. The minimum absolute atomic E-state index is 0.0635. The van der Waals surface area contributed by atoms with Crippen LogP contribution >= 0.6 is 0 Å². The zero-order chi connectivity index (χ0) is 86.8. The molecule has 42 heteroatoms. The molecule has 21 atom stereocenters. The number of unbranched alkanes of at least 4 members (excludes halogenated alkanes) is 7. The van der Waals surface area contributed by atoms with Gasteiger partial charge >= 0.3 is 12.1 Å². The quantitative estimate of drug-likeness (QED) is 0.0216. The Balaban J connectivity index is 1.02. The van der Waals surface area contributed by atoms with Crippen molar-refractivity contribution in [2.24, 2.45) is 0 Å². The predicted molar refractivity (Wildman–Crippen MR) is 410 cm³/mol. The van der Waals surface area contributed by atoms with Gasteiger partial charge in [-0.15, -0.1) is 0 Å². The van der Waals surface area contributed by atoms with Gasteiger partial charge in [-0.1, -0.05) is 79.9 Å². The van der Waals surface area contributed by atoms with Gasteiger partial charge in [0, 0.05) is 71.6 Å². The van der Waals surface area contributed by atoms with Crippen LogP contribution in [0.25, 0.3) is 0 Å². The van der Waals surface area contributed by atoms with E-state index in [1.807, 2.05) is 30.3 Å². The summed E-state index contributed by atoms with van der Waals surface area (Å²) in [5.74, 6) is -3.45. The molecule has 21 N–H and O–H groups in total. The molecule has 119 heavy (non-hydrogen) atoms. The smallest absolute Gasteiger partial charge is 0.408 e. The van der Waals surface area contributed by atoms with E-state index in [9.17, 15) is 120 Å². The highest BCUT2D eigenvalue weighted by Crippen LogP contribution is 2.27. The fourth-order valence-corrected chi connectivity index (χ4v) is 13.1. The lowest BCUT2D eigenvalue weighted by atomic mass is 9.99. The van der Waals surface area contributed by atoms with Crippen molar-refractivity contribution in [2.75, 3.05) is 125 Å². The Kier molecular flexibility index (Phi) is 46.8. The highest BCUT2D eigenvalue weighted by Gasteiger charge is 2.48. The van der Waals surface area contributed by atoms with Crippen molar-refractivity contribution >= 4 is 47.5 Å². The molecule has 4 aliphatic heterocycles. The van der Waals surface area contributed by atoms with Crippen LogP contribution in [0.4, 0.5) is 4.79 Å². The van der Waals surface area contributed by atoms with Crippen molar-refractivity contribution in [3.05, 3.63) is 71.8 Å². The van der Waals surface area contributed by atoms with E-state index in [0.717, 1.165) is 5.56 Å². The predicted octanol–water partition coefficient (Wildman–Crippen LogP) is -7.43. The number of esters is 1. The molecule has 7 amide bonds. The number of alkyl carbamates (subject to hydrolysis) is 1. The molecule has 0 bridgehead atoms. The number of hydrogen-bond acceptors (Lipinski definition) is 35. The molecule has 0 aliphatic carbocycles. The van der Waals surface area contributed by atoms with Crippen LogP contribution in [0, 0.1) is 0 Å². The molecule has 42 nitrogen and oxygen atoms in total. The maximum atomic E-state index is 13.8. The van der Waals surface area contributed by atoms with Crippen molar-refractivity contribution in [2.45, 2.75) is 238 Å². The lowest BCUT2D eigenvalue weighted by molar-refractivity contribution is -0.303. The largest absolute Gasteiger partial charge is 0.461 e. The summed E-state index contributed by atoms with van der Waals surface area (Å²) in [6, 6.07) is 17.1. The summed E-state index contributed by atoms with van der Waals surface area (Å²) in [5.41, 5.74) is 1.58. The van der Waals surface area contributed by atoms with Gasteiger partial charge in [0.15, 0.2) is 25.2 Å². The summed E-state index contributed by atoms with van der Waals surface area (Å²) >= 11 is 0. The Morgan fingerprint density at radius 1 is 0.361 bits per heavy atom. The molecular formula is C77H124N8O34. The second-order valence-corrected chi connectivity index (χ2v) is 29.4. The first-order valence-corrected chi connectivity index (χ1v) is 40.4. The highest BCUT2D eigenvalue weighted by molar-refractivity contribution is 5.86. The van der Waals surface area contributed by atoms with E-state index in [0.29, 0.717) is 63.4 Å². The first kappa shape index (κ1) is 101. The van der Waals surface area contributed by atoms with E-state index in [1.165, 1.54) is 14.7 Å². The lowest BCUT2D eigenvalue weighted by Crippen LogP contribution is -2.59. The third-order valence-corrected chi connectivity index (χ3v) is 20.2. The fourth-order valence-electron chi connectivity index (χ4n) is 13.1. The number of nitrogens with one attached hydrogen (secondary N) is 5. The summed E-state index contributed by atoms with van der Waals surface area (Å²) in [6.45, 7) is -5.58. The van der Waals surface area contributed by atoms with Crippen molar-refractivity contribution in [1.82, 2.24) is 41.3 Å². The van der Waals surface area contributed by atoms with E-state index in [-0.39, 0.29) is 136 Å². The molecule has 2 aromatic rings. The molecule has 4 saturated heterocycles. The average molecular weight is 1710 g/mol. The van der Waals surface area contributed by atoms with Gasteiger partial charge in [0.05, 0.1) is 72.5 Å². The number of benzene rings is 2. The van der Waals surface area contributed by atoms with E-state index < -0.39 is 216 Å². The molecule has 0 radical (unpaired) electrons. The van der Waals surface area contributed by atoms with Crippen molar-refractivity contribution in [3.63, 3.8) is 0 Å². The van der Waals surface area contributed by atoms with Gasteiger partial charge in [-0.3, -0.25) is 38.5 Å². The minimum atomic E-state index is -1.74. The number of nitrogens with zero attached hydrogens (tertiary/aromatic N) is 3. The topological polar surface area (TPSA) is 622 Å². The highest BCUT2D eigenvalue weighted by atomic mass is 16.7. The number of rotatable bonds is 55. The van der Waals surface area contributed by atoms with Gasteiger partial charge in [0.1, 0.15) is 117 Å². The summed E-state index contributed by atoms with van der Waals surface area (Å²) in [7, 11) is 0. The van der Waals surface area contributed by atoms with Crippen LogP contribution in [0.1, 0.15) is 107 Å². The third-order valence-electron chi connectivity index (χ3n) is 20.2. The number of carbonyl (C=O) groups is 8. The van der Waals surface area contributed by atoms with E-state index in [4.69, 9.17) is 47.4 Å². The Hall–Kier alpha value is -7.00. The van der Waals surface area contributed by atoms with Gasteiger partial charge in [-0.2, -0.15) is 0 Å². The maximum absolute atomic E-state index is 13.8. The van der Waals surface area contributed by atoms with Crippen molar-refractivity contribution in [1.29, 1.82) is 0 Å². The molecule has 0 spiro atoms. The SMILES string of the molecule is O=C(CN(CC(=O)NCCCCCC(=O)N(CCO[C@H]1O[C@H](CO)[C@@H](O)[C@H](O)[C@@H]1O)CCO[C@H]1O[C@H](CO)[C@@H](O)[C@H](O)[C@@H]1O)CC(=O)NCCCC[C@H](NC(=O)OCc1ccccc1)C(=O)NCCCCCC(=O)OCc1ccccc1)NCCCCCC(=O)N(CCO[C@H]1O[C@H](CO)[C@@H](O)[C@H](O)[C@@H]1O)CCO[C@H]1O[C@H](CO)[C@@H](O)[C@H](O)[C@@H]1O. The molecule has 0 unspecified atom stereocenters. The standard InChI is InChI=1S/C77H124N8O34/c86-41-50-60(96)64(100)68(104)73(116-50)110-34-30-84(31-35-111-74-69(105)65(101)61(97)51(42-87)117-74)57(93)23-10-3-14-26-78-54(90)38-83(40-56(92)80-28-17-13-22-49(82-77(109)115-46-48-20-8-2-9-21-48)72(108)81-29-16-5-12-25-59(95)114-45-47-18-6-1-7-19-47)39-55(91)79-27-15-4-11-24-58(94)85(32-36-112-75-70(106)66(102)62(98)52(43-88)118-75)33-37-113-76-71(107)67(103)63(99)53(44-89)119-76/h1-2,6-9,18-21,49-53,60-71,73-76,86-89,96-107H,3-5,10-17,22-46H2,(H,78,90)(H,79,91)(H,80,92)(H,81,108)(H,82,109)/t49-,50+,51+,52+,53+,60+,61+,62+,63+,64-,65-,66-,67-,68-,69-,70-,71-,73-,74-,75-,76-/m0/s1. The molecule has 2 aromatic carbocycles. The fraction of sp³-hybridized carbons (Fsp3) is 0.740. The Labute approximate surface area is 688 Å². The molecule has 4 fully saturated rings. The van der Waals surface area contributed by atoms with Gasteiger partial charge in [-0.25, -0.2) is 4.79 Å². The summed E-state index contributed by atoms with van der Waals surface area (Å²) in [4.78, 5) is 111. The Morgan fingerprint density at radius 3 is 1.01 bits per heavy atom. The Morgan fingerprint density at radius 2 is 0.672 bits per heavy atom. The number of hydrogen-bond donors (Lipinski definition) is 21. The van der Waals surface area contributed by atoms with Crippen molar-refractivity contribution < 1.29 is 167 Å². The molecule has 0 saturated carbocycles. The summed E-state index contributed by atoms with van der Waals surface area (Å²) in [6.07, 6.45) is -28.1. The van der Waals surface area contributed by atoms with Crippen LogP contribution in [-0.4, -0.2) is 398 Å². The maximum Gasteiger partial charge on any atom is 0.408 e. The Bertz CT molecular complexity index is 3050. The van der Waals surface area contributed by atoms with Crippen LogP contribution in [0.2, 0.25) is 0 Å². The zero-order valence-electron chi connectivity index (χ0n) is 66.7. The monoisotopic (exact) mass is 1700 g/mol. The molecular weight excluding hydrogens is 1580 g/mol. The van der Waals surface area contributed by atoms with E-state index in [2.05, 4.69) is 26.6 Å². The number of ether oxygens (including phenoxy) is 10. The third kappa shape index (κ3) is 35.0. The van der Waals surface area contributed by atoms with E-state index in [1.54, 1.807) is 30.3 Å². The van der Waals surface area contributed by atoms with Crippen LogP contribution in [0.3, 0.4) is 0 Å². The first-order chi connectivity index (χ1) is 57.2. The molecule has 0 aromatic heterocycles. The molecule has 676 valence electrons. The minimum Gasteiger partial charge on any atom is -0.461 e. The van der Waals surface area contributed by atoms with Crippen LogP contribution in [-0.2, 0) is 94.1 Å². The molecule has 4 aliphatic rings. The van der Waals surface area contributed by atoms with Gasteiger partial charge in [-0.05, 0) is 68.9 Å². The second-order valence-electron chi connectivity index (χ2n) is 29.4. The summed E-state index contributed by atoms with van der Waals surface area (Å²) in [5, 5.41) is 176. The van der Waals surface area contributed by atoms with Gasteiger partial charge in [0.2, 0.25) is 35.4 Å². The number of aliphatic hydroxyl groups excluding tert-OH is 16. The number of amides is 7. The first-order valence-electron chi connectivity index (χ1n) is 40.4. The van der Waals surface area contributed by atoms with Crippen LogP contribution in [0.5, 0.6) is 0 Å². The lowest BCUT2D eigenvalue weighted by Gasteiger charge is -2.40. The van der Waals surface area contributed by atoms with Crippen LogP contribution < -0.4 is 26.6 Å². The zero-order valence-corrected chi connectivity index (χ0v) is 66.7. The molecule has 6 rings (SSSR count). The van der Waals surface area contributed by atoms with Gasteiger partial charge < -0.3 is 165 Å².